The van der Waals surface area contributed by atoms with Crippen LogP contribution in [0.2, 0.25) is 0 Å². The van der Waals surface area contributed by atoms with E-state index in [4.69, 9.17) is 4.98 Å². The fourth-order valence-corrected chi connectivity index (χ4v) is 2.20. The third kappa shape index (κ3) is 1.82. The monoisotopic (exact) mass is 213 g/mol. The Morgan fingerprint density at radius 2 is 1.75 bits per heavy atom. The molecule has 84 valence electrons. The Balaban J connectivity index is 2.78. The standard InChI is InChI=1S/C15H19N/c1-10-7-6-8-12-9-13(15(3,4)5)11(2)16-14(10)12/h6-9H,1-5H3. The minimum atomic E-state index is 0.162. The van der Waals surface area contributed by atoms with E-state index in [1.807, 2.05) is 0 Å². The van der Waals surface area contributed by atoms with Gasteiger partial charge in [0.05, 0.1) is 5.52 Å². The average Bonchev–Trinajstić information content (AvgIpc) is 2.17. The van der Waals surface area contributed by atoms with E-state index in [2.05, 4.69) is 58.9 Å². The van der Waals surface area contributed by atoms with Gasteiger partial charge in [0.15, 0.2) is 0 Å². The van der Waals surface area contributed by atoms with Gasteiger partial charge in [-0.15, -0.1) is 0 Å². The van der Waals surface area contributed by atoms with E-state index < -0.39 is 0 Å². The number of hydrogen-bond donors (Lipinski definition) is 0. The Labute approximate surface area is 97.5 Å². The molecule has 0 N–H and O–H groups in total. The van der Waals surface area contributed by atoms with Crippen LogP contribution in [0.5, 0.6) is 0 Å². The zero-order valence-electron chi connectivity index (χ0n) is 10.8. The summed E-state index contributed by atoms with van der Waals surface area (Å²) in [4.78, 5) is 4.74. The molecule has 1 nitrogen and oxygen atoms in total. The van der Waals surface area contributed by atoms with Gasteiger partial charge >= 0.3 is 0 Å². The molecule has 1 aromatic carbocycles. The Hall–Kier alpha value is -1.37. The van der Waals surface area contributed by atoms with E-state index >= 15 is 0 Å². The number of aryl methyl sites for hydroxylation is 2. The van der Waals surface area contributed by atoms with Crippen LogP contribution >= 0.6 is 0 Å². The van der Waals surface area contributed by atoms with Gasteiger partial charge in [0.1, 0.15) is 0 Å². The van der Waals surface area contributed by atoms with Gasteiger partial charge in [-0.2, -0.15) is 0 Å². The second kappa shape index (κ2) is 3.58. The van der Waals surface area contributed by atoms with Crippen molar-refractivity contribution in [2.45, 2.75) is 40.0 Å². The van der Waals surface area contributed by atoms with Gasteiger partial charge in [0, 0.05) is 11.1 Å². The molecule has 0 saturated carbocycles. The molecule has 16 heavy (non-hydrogen) atoms. The maximum atomic E-state index is 4.74. The molecule has 2 aromatic rings. The first-order valence-corrected chi connectivity index (χ1v) is 5.77. The van der Waals surface area contributed by atoms with Crippen molar-refractivity contribution in [1.82, 2.24) is 4.98 Å². The first-order chi connectivity index (χ1) is 7.39. The SMILES string of the molecule is Cc1nc2c(C)cccc2cc1C(C)(C)C. The molecule has 0 atom stereocenters. The minimum Gasteiger partial charge on any atom is -0.253 e. The molecule has 0 saturated heterocycles. The molecule has 0 aliphatic heterocycles. The highest BCUT2D eigenvalue weighted by Crippen LogP contribution is 2.28. The highest BCUT2D eigenvalue weighted by atomic mass is 14.7. The number of hydrogen-bond acceptors (Lipinski definition) is 1. The summed E-state index contributed by atoms with van der Waals surface area (Å²) in [6, 6.07) is 8.64. The van der Waals surface area contributed by atoms with Crippen LogP contribution in [0.4, 0.5) is 0 Å². The molecule has 0 fully saturated rings. The molecule has 0 spiro atoms. The second-order valence-corrected chi connectivity index (χ2v) is 5.52. The van der Waals surface area contributed by atoms with Gasteiger partial charge in [-0.1, -0.05) is 39.0 Å². The van der Waals surface area contributed by atoms with Crippen molar-refractivity contribution in [1.29, 1.82) is 0 Å². The summed E-state index contributed by atoms with van der Waals surface area (Å²) in [5.41, 5.74) is 5.03. The Bertz CT molecular complexity index is 533. The van der Waals surface area contributed by atoms with E-state index in [0.29, 0.717) is 0 Å². The summed E-state index contributed by atoms with van der Waals surface area (Å²) in [5.74, 6) is 0. The molecule has 0 unspecified atom stereocenters. The first-order valence-electron chi connectivity index (χ1n) is 5.77. The number of benzene rings is 1. The smallest absolute Gasteiger partial charge is 0.0734 e. The zero-order valence-corrected chi connectivity index (χ0v) is 10.8. The van der Waals surface area contributed by atoms with Gasteiger partial charge < -0.3 is 0 Å². The molecule has 0 radical (unpaired) electrons. The predicted molar refractivity (Wildman–Crippen MR) is 69.9 cm³/mol. The number of fused-ring (bicyclic) bond motifs is 1. The Morgan fingerprint density at radius 1 is 1.06 bits per heavy atom. The van der Waals surface area contributed by atoms with E-state index in [1.165, 1.54) is 16.5 Å². The van der Waals surface area contributed by atoms with Crippen molar-refractivity contribution < 1.29 is 0 Å². The molecular formula is C15H19N. The van der Waals surface area contributed by atoms with E-state index in [0.717, 1.165) is 11.2 Å². The number of pyridine rings is 1. The molecule has 1 heterocycles. The second-order valence-electron chi connectivity index (χ2n) is 5.52. The number of aromatic nitrogens is 1. The molecule has 0 amide bonds. The van der Waals surface area contributed by atoms with Crippen LogP contribution in [0.3, 0.4) is 0 Å². The number of rotatable bonds is 0. The van der Waals surface area contributed by atoms with E-state index in [-0.39, 0.29) is 5.41 Å². The van der Waals surface area contributed by atoms with Crippen molar-refractivity contribution in [3.05, 3.63) is 41.1 Å². The molecule has 0 aliphatic carbocycles. The van der Waals surface area contributed by atoms with Crippen LogP contribution in [-0.4, -0.2) is 4.98 Å². The van der Waals surface area contributed by atoms with Crippen LogP contribution in [0, 0.1) is 13.8 Å². The molecule has 0 bridgehead atoms. The summed E-state index contributed by atoms with van der Waals surface area (Å²) >= 11 is 0. The maximum Gasteiger partial charge on any atom is 0.0734 e. The largest absolute Gasteiger partial charge is 0.253 e. The van der Waals surface area contributed by atoms with Crippen molar-refractivity contribution in [3.8, 4) is 0 Å². The summed E-state index contributed by atoms with van der Waals surface area (Å²) in [6.45, 7) is 10.9. The van der Waals surface area contributed by atoms with Gasteiger partial charge in [0.25, 0.3) is 0 Å². The maximum absolute atomic E-state index is 4.74. The van der Waals surface area contributed by atoms with Crippen LogP contribution in [0.25, 0.3) is 10.9 Å². The van der Waals surface area contributed by atoms with E-state index in [9.17, 15) is 0 Å². The summed E-state index contributed by atoms with van der Waals surface area (Å²) < 4.78 is 0. The van der Waals surface area contributed by atoms with Crippen LogP contribution < -0.4 is 0 Å². The highest BCUT2D eigenvalue weighted by Gasteiger charge is 2.17. The normalized spacial score (nSPS) is 12.1. The third-order valence-corrected chi connectivity index (χ3v) is 3.05. The van der Waals surface area contributed by atoms with Gasteiger partial charge in [0.2, 0.25) is 0 Å². The molecule has 1 heteroatoms. The molecular weight excluding hydrogens is 194 g/mol. The summed E-state index contributed by atoms with van der Waals surface area (Å²) in [6.07, 6.45) is 0. The first kappa shape index (κ1) is 11.1. The van der Waals surface area contributed by atoms with Crippen LogP contribution in [-0.2, 0) is 5.41 Å². The Morgan fingerprint density at radius 3 is 2.38 bits per heavy atom. The quantitative estimate of drug-likeness (QED) is 0.640. The van der Waals surface area contributed by atoms with Crippen molar-refractivity contribution >= 4 is 10.9 Å². The number of nitrogens with zero attached hydrogens (tertiary/aromatic N) is 1. The fourth-order valence-electron chi connectivity index (χ4n) is 2.20. The predicted octanol–water partition coefficient (Wildman–Crippen LogP) is 4.15. The van der Waals surface area contributed by atoms with Crippen LogP contribution in [0.15, 0.2) is 24.3 Å². The lowest BCUT2D eigenvalue weighted by molar-refractivity contribution is 0.583. The van der Waals surface area contributed by atoms with Crippen LogP contribution in [0.1, 0.15) is 37.6 Å². The van der Waals surface area contributed by atoms with Gasteiger partial charge in [-0.3, -0.25) is 4.98 Å². The summed E-state index contributed by atoms with van der Waals surface area (Å²) in [7, 11) is 0. The summed E-state index contributed by atoms with van der Waals surface area (Å²) in [5, 5.41) is 1.25. The molecule has 2 rings (SSSR count). The lowest BCUT2D eigenvalue weighted by Crippen LogP contribution is -2.14. The van der Waals surface area contributed by atoms with Crippen molar-refractivity contribution in [3.63, 3.8) is 0 Å². The average molecular weight is 213 g/mol. The van der Waals surface area contributed by atoms with Crippen molar-refractivity contribution in [2.24, 2.45) is 0 Å². The lowest BCUT2D eigenvalue weighted by atomic mass is 9.85. The molecule has 1 aromatic heterocycles. The molecule has 0 aliphatic rings. The third-order valence-electron chi connectivity index (χ3n) is 3.05. The van der Waals surface area contributed by atoms with E-state index in [1.54, 1.807) is 0 Å². The van der Waals surface area contributed by atoms with Gasteiger partial charge in [-0.25, -0.2) is 0 Å². The lowest BCUT2D eigenvalue weighted by Gasteiger charge is -2.21. The zero-order chi connectivity index (χ0) is 11.9. The minimum absolute atomic E-state index is 0.162. The fraction of sp³-hybridized carbons (Fsp3) is 0.400. The van der Waals surface area contributed by atoms with Gasteiger partial charge in [-0.05, 0) is 36.5 Å². The Kier molecular flexibility index (Phi) is 2.49. The van der Waals surface area contributed by atoms with Crippen molar-refractivity contribution in [2.75, 3.05) is 0 Å². The highest BCUT2D eigenvalue weighted by molar-refractivity contribution is 5.82. The number of para-hydroxylation sites is 1. The topological polar surface area (TPSA) is 12.9 Å².